The van der Waals surface area contributed by atoms with Crippen LogP contribution in [0.2, 0.25) is 0 Å². The quantitative estimate of drug-likeness (QED) is 0.0576. The molecule has 0 aromatic carbocycles. The fourth-order valence-electron chi connectivity index (χ4n) is 5.48. The zero-order chi connectivity index (χ0) is 40.2. The summed E-state index contributed by atoms with van der Waals surface area (Å²) in [7, 11) is -15.1. The summed E-state index contributed by atoms with van der Waals surface area (Å²) in [5, 5.41) is 73.4. The van der Waals surface area contributed by atoms with Gasteiger partial charge in [-0.3, -0.25) is 22.6 Å². The van der Waals surface area contributed by atoms with E-state index in [2.05, 4.69) is 33.1 Å². The van der Waals surface area contributed by atoms with Gasteiger partial charge in [-0.1, -0.05) is 9.97 Å². The van der Waals surface area contributed by atoms with Crippen molar-refractivity contribution >= 4 is 57.7 Å². The maximum atomic E-state index is 12.0. The van der Waals surface area contributed by atoms with Crippen molar-refractivity contribution in [2.45, 2.75) is 49.1 Å². The molecule has 0 spiro atoms. The van der Waals surface area contributed by atoms with E-state index in [1.54, 1.807) is 7.05 Å². The molecule has 54 heavy (non-hydrogen) atoms. The van der Waals surface area contributed by atoms with Gasteiger partial charge in [0.05, 0.1) is 35.1 Å². The van der Waals surface area contributed by atoms with E-state index in [4.69, 9.17) is 26.0 Å². The van der Waals surface area contributed by atoms with Crippen LogP contribution < -0.4 is 50.4 Å². The van der Waals surface area contributed by atoms with E-state index in [1.165, 1.54) is 33.4 Å². The summed E-state index contributed by atoms with van der Waals surface area (Å²) >= 11 is 0. The van der Waals surface area contributed by atoms with Gasteiger partial charge in [-0.05, 0) is 0 Å². The summed E-state index contributed by atoms with van der Waals surface area (Å²) in [6.07, 6.45) is -8.27. The average Bonchev–Trinajstić information content (AvgIpc) is 3.71. The fraction of sp³-hybridized carbons (Fsp3) is 0.545. The molecule has 7 unspecified atom stereocenters. The minimum atomic E-state index is -6.17. The minimum Gasteiger partial charge on any atom is -0.856 e. The highest BCUT2D eigenvalue weighted by molar-refractivity contribution is 7.64. The largest absolute Gasteiger partial charge is 0.856 e. The number of aryl methyl sites for hydroxylation is 2. The number of anilines is 2. The first-order valence-corrected chi connectivity index (χ1v) is 19.1. The third-order valence-electron chi connectivity index (χ3n) is 7.69. The highest BCUT2D eigenvalue weighted by Crippen LogP contribution is 2.60. The Balaban J connectivity index is 0.000000228. The lowest BCUT2D eigenvalue weighted by Gasteiger charge is -2.37. The SMILES string of the molecule is Cn1c[n+](C2OC(COP(=O)([O-])OP(=O)([O-])OP(=O)([O-])[O-])C(O)C2O)c2nc(N)nc([O-])c21.Cn1c[n+]([C@@H]2O[C@H](CO)C(O)[C@@H]2O)c2nc(N)nc([O-])c21. The van der Waals surface area contributed by atoms with Crippen molar-refractivity contribution in [2.24, 2.45) is 14.1 Å². The maximum Gasteiger partial charge on any atom is 0.309 e. The number of rotatable bonds is 10. The topological polar surface area (TPSA) is 458 Å². The molecule has 4 aromatic heterocycles. The number of phosphoric ester groups is 1. The standard InChI is InChI=1S/C11H18N5O14P3.C11H15N5O5/c1-15-3-16(8-5(15)9(19)14-11(12)13-8)10-7(18)6(17)4(28-10)2-27-32(23,24)30-33(25,26)29-31(20,21)22;1-15-3-16(8-5(15)9(20)14-11(12)13-8)10-7(19)6(18)4(2-17)21-10/h3-4,6-7,10,17-18H,2H2,1H3,(H6-,12,13,14,19,20,21,22,23,24,25,26);3-4,6-7,10,17-19H,2H2,1H3,(H2-,12,13,14,20)/p-4/t;4-,6?,7+,10-/m.1/s1. The summed E-state index contributed by atoms with van der Waals surface area (Å²) in [4.78, 5) is 58.4. The van der Waals surface area contributed by atoms with Crippen molar-refractivity contribution in [3.8, 4) is 11.8 Å². The predicted octanol–water partition coefficient (Wildman–Crippen LogP) is -9.13. The van der Waals surface area contributed by atoms with Crippen LogP contribution in [0.5, 0.6) is 11.8 Å². The Bertz CT molecular complexity index is 2180. The first-order valence-electron chi connectivity index (χ1n) is 14.7. The van der Waals surface area contributed by atoms with Crippen LogP contribution >= 0.6 is 23.5 Å². The van der Waals surface area contributed by atoms with Crippen LogP contribution in [0.3, 0.4) is 0 Å². The molecule has 6 rings (SSSR count). The van der Waals surface area contributed by atoms with Gasteiger partial charge in [-0.25, -0.2) is 23.4 Å². The Morgan fingerprint density at radius 3 is 1.57 bits per heavy atom. The second-order valence-electron chi connectivity index (χ2n) is 11.5. The normalized spacial score (nSPS) is 28.2. The van der Waals surface area contributed by atoms with Crippen LogP contribution in [0.4, 0.5) is 11.9 Å². The summed E-state index contributed by atoms with van der Waals surface area (Å²) in [5.41, 5.74) is 11.2. The second kappa shape index (κ2) is 15.2. The van der Waals surface area contributed by atoms with E-state index < -0.39 is 103 Å². The van der Waals surface area contributed by atoms with E-state index in [-0.39, 0.29) is 28.3 Å². The van der Waals surface area contributed by atoms with E-state index in [1.807, 2.05) is 0 Å². The number of imidazole rings is 2. The van der Waals surface area contributed by atoms with Gasteiger partial charge in [0.25, 0.3) is 27.5 Å². The molecule has 300 valence electrons. The third-order valence-corrected chi connectivity index (χ3v) is 11.4. The van der Waals surface area contributed by atoms with Crippen molar-refractivity contribution in [3.05, 3.63) is 12.7 Å². The predicted molar refractivity (Wildman–Crippen MR) is 155 cm³/mol. The third kappa shape index (κ3) is 8.62. The van der Waals surface area contributed by atoms with Crippen molar-refractivity contribution < 1.29 is 101 Å². The zero-order valence-electron chi connectivity index (χ0n) is 27.2. The van der Waals surface area contributed by atoms with Gasteiger partial charge in [0.1, 0.15) is 36.6 Å². The second-order valence-corrected chi connectivity index (χ2v) is 15.7. The Labute approximate surface area is 299 Å². The molecule has 0 aliphatic carbocycles. The number of ether oxygens (including phenoxy) is 2. The number of aliphatic hydroxyl groups is 5. The fourth-order valence-corrected chi connectivity index (χ4v) is 8.35. The van der Waals surface area contributed by atoms with Crippen molar-refractivity contribution in [3.63, 3.8) is 0 Å². The number of nitrogen functional groups attached to an aromatic ring is 2. The molecule has 29 nitrogen and oxygen atoms in total. The number of aromatic nitrogens is 8. The lowest BCUT2D eigenvalue weighted by molar-refractivity contribution is -0.746. The summed E-state index contributed by atoms with van der Waals surface area (Å²) in [5.74, 6) is -1.89. The first-order chi connectivity index (χ1) is 24.9. The van der Waals surface area contributed by atoms with E-state index in [0.717, 1.165) is 4.57 Å². The molecule has 2 saturated heterocycles. The van der Waals surface area contributed by atoms with Crippen LogP contribution in [-0.2, 0) is 50.4 Å². The average molecular weight is 830 g/mol. The molecule has 2 fully saturated rings. The van der Waals surface area contributed by atoms with Gasteiger partial charge in [-0.15, -0.1) is 0 Å². The molecule has 0 bridgehead atoms. The van der Waals surface area contributed by atoms with Crippen molar-refractivity contribution in [2.75, 3.05) is 24.7 Å². The highest BCUT2D eigenvalue weighted by atomic mass is 31.3. The van der Waals surface area contributed by atoms with Crippen LogP contribution in [0, 0.1) is 0 Å². The van der Waals surface area contributed by atoms with E-state index in [0.29, 0.717) is 0 Å². The van der Waals surface area contributed by atoms with Crippen molar-refractivity contribution in [1.29, 1.82) is 0 Å². The first kappa shape index (κ1) is 41.6. The Morgan fingerprint density at radius 1 is 0.741 bits per heavy atom. The van der Waals surface area contributed by atoms with Gasteiger partial charge < -0.3 is 85.3 Å². The molecule has 9 N–H and O–H groups in total. The lowest BCUT2D eigenvalue weighted by atomic mass is 10.1. The number of nitrogens with two attached hydrogens (primary N) is 2. The molecule has 2 aliphatic rings. The monoisotopic (exact) mass is 830 g/mol. The van der Waals surface area contributed by atoms with Gasteiger partial charge in [0.2, 0.25) is 12.5 Å². The molecular weight excluding hydrogens is 801 g/mol. The molecule has 6 heterocycles. The number of hydrogen-bond donors (Lipinski definition) is 7. The number of phosphoric acid groups is 3. The summed E-state index contributed by atoms with van der Waals surface area (Å²) < 4.78 is 59.8. The minimum absolute atomic E-state index is 0.0353. The molecular formula is C22H29N10O19P3-4. The number of fused-ring (bicyclic) bond motifs is 2. The molecule has 10 atom stereocenters. The molecule has 0 radical (unpaired) electrons. The molecule has 2 aliphatic heterocycles. The lowest BCUT2D eigenvalue weighted by Crippen LogP contribution is -2.46. The maximum absolute atomic E-state index is 12.0. The summed E-state index contributed by atoms with van der Waals surface area (Å²) in [6.45, 7) is -1.57. The number of aliphatic hydroxyl groups excluding tert-OH is 5. The summed E-state index contributed by atoms with van der Waals surface area (Å²) in [6, 6.07) is 0. The smallest absolute Gasteiger partial charge is 0.309 e. The Hall–Kier alpha value is -3.57. The molecule has 0 saturated carbocycles. The zero-order valence-corrected chi connectivity index (χ0v) is 29.9. The molecule has 32 heteroatoms. The van der Waals surface area contributed by atoms with E-state index >= 15 is 0 Å². The molecule has 4 aromatic rings. The van der Waals surface area contributed by atoms with Crippen LogP contribution in [-0.4, -0.2) is 104 Å². The van der Waals surface area contributed by atoms with E-state index in [9.17, 15) is 63.9 Å². The Kier molecular flexibility index (Phi) is 11.7. The number of nitrogens with zero attached hydrogens (tertiary/aromatic N) is 8. The van der Waals surface area contributed by atoms with Crippen molar-refractivity contribution in [1.82, 2.24) is 29.1 Å². The van der Waals surface area contributed by atoms with Gasteiger partial charge in [0.15, 0.2) is 23.7 Å². The van der Waals surface area contributed by atoms with Crippen LogP contribution in [0.15, 0.2) is 12.7 Å². The van der Waals surface area contributed by atoms with Crippen LogP contribution in [0.25, 0.3) is 22.3 Å². The Morgan fingerprint density at radius 2 is 1.17 bits per heavy atom. The van der Waals surface area contributed by atoms with Gasteiger partial charge >= 0.3 is 11.3 Å². The molecule has 0 amide bonds. The van der Waals surface area contributed by atoms with Gasteiger partial charge in [0, 0.05) is 11.8 Å². The van der Waals surface area contributed by atoms with Gasteiger partial charge in [-0.2, -0.15) is 0 Å². The van der Waals surface area contributed by atoms with Crippen LogP contribution in [0.1, 0.15) is 12.5 Å². The number of hydrogen-bond acceptors (Lipinski definition) is 25. The highest BCUT2D eigenvalue weighted by Gasteiger charge is 2.48.